The zero-order chi connectivity index (χ0) is 14.0. The van der Waals surface area contributed by atoms with Crippen LogP contribution in [0.2, 0.25) is 5.02 Å². The van der Waals surface area contributed by atoms with Gasteiger partial charge in [-0.2, -0.15) is 0 Å². The van der Waals surface area contributed by atoms with Crippen molar-refractivity contribution in [2.45, 2.75) is 32.6 Å². The van der Waals surface area contributed by atoms with Crippen LogP contribution in [0, 0.1) is 6.92 Å². The maximum Gasteiger partial charge on any atom is 0.331 e. The summed E-state index contributed by atoms with van der Waals surface area (Å²) in [6, 6.07) is 5.04. The summed E-state index contributed by atoms with van der Waals surface area (Å²) >= 11 is 5.93. The molecule has 1 aromatic carbocycles. The van der Waals surface area contributed by atoms with E-state index in [-0.39, 0.29) is 11.4 Å². The summed E-state index contributed by atoms with van der Waals surface area (Å²) in [5.74, 6) is -1.16. The van der Waals surface area contributed by atoms with Crippen LogP contribution < -0.4 is 0 Å². The van der Waals surface area contributed by atoms with E-state index in [0.29, 0.717) is 29.0 Å². The topological polar surface area (TPSA) is 54.4 Å². The van der Waals surface area contributed by atoms with Crippen molar-refractivity contribution in [2.75, 3.05) is 0 Å². The van der Waals surface area contributed by atoms with E-state index in [1.54, 1.807) is 18.2 Å². The monoisotopic (exact) mass is 278 g/mol. The van der Waals surface area contributed by atoms with Crippen molar-refractivity contribution < 1.29 is 14.7 Å². The number of carbonyl (C=O) groups excluding carboxylic acids is 1. The number of Topliss-reactive ketones (excluding diaryl/α,β-unsaturated/α-hetero) is 1. The van der Waals surface area contributed by atoms with Gasteiger partial charge in [-0.3, -0.25) is 4.79 Å². The quantitative estimate of drug-likeness (QED) is 0.856. The van der Waals surface area contributed by atoms with Gasteiger partial charge in [0.05, 0.1) is 0 Å². The van der Waals surface area contributed by atoms with Crippen LogP contribution in [-0.2, 0) is 4.79 Å². The third-order valence-electron chi connectivity index (χ3n) is 3.42. The van der Waals surface area contributed by atoms with Gasteiger partial charge in [-0.1, -0.05) is 11.6 Å². The van der Waals surface area contributed by atoms with Crippen LogP contribution in [0.15, 0.2) is 29.3 Å². The lowest BCUT2D eigenvalue weighted by Crippen LogP contribution is -2.15. The summed E-state index contributed by atoms with van der Waals surface area (Å²) in [7, 11) is 0. The molecule has 0 saturated heterocycles. The number of hydrogen-bond donors (Lipinski definition) is 1. The number of allylic oxidation sites excluding steroid dienone is 1. The maximum atomic E-state index is 12.4. The Morgan fingerprint density at radius 2 is 1.79 bits per heavy atom. The van der Waals surface area contributed by atoms with Crippen LogP contribution in [0.3, 0.4) is 0 Å². The lowest BCUT2D eigenvalue weighted by molar-refractivity contribution is -0.133. The summed E-state index contributed by atoms with van der Waals surface area (Å²) in [6.45, 7) is 1.83. The van der Waals surface area contributed by atoms with Crippen molar-refractivity contribution in [2.24, 2.45) is 0 Å². The summed E-state index contributed by atoms with van der Waals surface area (Å²) in [5, 5.41) is 9.78. The molecule has 0 fully saturated rings. The minimum atomic E-state index is -0.978. The molecule has 1 N–H and O–H groups in total. The number of carboxylic acids is 1. The molecule has 19 heavy (non-hydrogen) atoms. The highest BCUT2D eigenvalue weighted by Gasteiger charge is 2.24. The number of carbonyl (C=O) groups is 2. The molecule has 3 nitrogen and oxygen atoms in total. The fourth-order valence-electron chi connectivity index (χ4n) is 2.35. The Morgan fingerprint density at radius 3 is 2.37 bits per heavy atom. The number of aryl methyl sites for hydroxylation is 1. The first-order valence-corrected chi connectivity index (χ1v) is 6.64. The molecule has 0 heterocycles. The van der Waals surface area contributed by atoms with Gasteiger partial charge < -0.3 is 5.11 Å². The highest BCUT2D eigenvalue weighted by atomic mass is 35.5. The number of carboxylic acid groups (broad SMARTS) is 1. The van der Waals surface area contributed by atoms with Crippen LogP contribution in [-0.4, -0.2) is 16.9 Å². The number of ketones is 1. The lowest BCUT2D eigenvalue weighted by atomic mass is 9.87. The summed E-state index contributed by atoms with van der Waals surface area (Å²) < 4.78 is 0. The zero-order valence-corrected chi connectivity index (χ0v) is 11.5. The van der Waals surface area contributed by atoms with E-state index in [1.807, 2.05) is 6.92 Å². The molecule has 0 amide bonds. The number of hydrogen-bond acceptors (Lipinski definition) is 2. The molecular formula is C15H15ClO3. The van der Waals surface area contributed by atoms with Gasteiger partial charge in [0.1, 0.15) is 0 Å². The number of aliphatic carboxylic acids is 1. The molecule has 0 aliphatic heterocycles. The second-order valence-corrected chi connectivity index (χ2v) is 5.17. The summed E-state index contributed by atoms with van der Waals surface area (Å²) in [5.41, 5.74) is 2.04. The molecule has 1 aliphatic carbocycles. The van der Waals surface area contributed by atoms with Crippen LogP contribution in [0.1, 0.15) is 41.6 Å². The molecule has 0 radical (unpaired) electrons. The van der Waals surface area contributed by atoms with E-state index in [1.165, 1.54) is 0 Å². The average molecular weight is 279 g/mol. The predicted octanol–water partition coefficient (Wildman–Crippen LogP) is 3.79. The van der Waals surface area contributed by atoms with Gasteiger partial charge in [0.2, 0.25) is 0 Å². The first kappa shape index (κ1) is 13.8. The van der Waals surface area contributed by atoms with Crippen LogP contribution in [0.25, 0.3) is 0 Å². The van der Waals surface area contributed by atoms with Crippen LogP contribution in [0.4, 0.5) is 0 Å². The van der Waals surface area contributed by atoms with E-state index < -0.39 is 5.97 Å². The van der Waals surface area contributed by atoms with E-state index in [4.69, 9.17) is 11.6 Å². The highest BCUT2D eigenvalue weighted by Crippen LogP contribution is 2.28. The maximum absolute atomic E-state index is 12.4. The molecule has 1 aromatic rings. The van der Waals surface area contributed by atoms with Gasteiger partial charge in [-0.05, 0) is 56.4 Å². The Morgan fingerprint density at radius 1 is 1.16 bits per heavy atom. The van der Waals surface area contributed by atoms with E-state index >= 15 is 0 Å². The third kappa shape index (κ3) is 2.87. The van der Waals surface area contributed by atoms with Crippen molar-refractivity contribution in [1.82, 2.24) is 0 Å². The van der Waals surface area contributed by atoms with E-state index in [0.717, 1.165) is 18.4 Å². The molecule has 2 rings (SSSR count). The van der Waals surface area contributed by atoms with Crippen molar-refractivity contribution in [3.63, 3.8) is 0 Å². The van der Waals surface area contributed by atoms with Gasteiger partial charge in [0, 0.05) is 21.7 Å². The average Bonchev–Trinajstić information content (AvgIpc) is 2.41. The minimum Gasteiger partial charge on any atom is -0.478 e. The van der Waals surface area contributed by atoms with Crippen molar-refractivity contribution >= 4 is 23.4 Å². The summed E-state index contributed by atoms with van der Waals surface area (Å²) in [6.07, 6.45) is 2.72. The van der Waals surface area contributed by atoms with E-state index in [2.05, 4.69) is 0 Å². The normalized spacial score (nSPS) is 15.5. The molecule has 4 heteroatoms. The number of halogens is 1. The molecular weight excluding hydrogens is 264 g/mol. The smallest absolute Gasteiger partial charge is 0.331 e. The van der Waals surface area contributed by atoms with Gasteiger partial charge in [0.25, 0.3) is 0 Å². The van der Waals surface area contributed by atoms with E-state index in [9.17, 15) is 14.7 Å². The Labute approximate surface area is 116 Å². The van der Waals surface area contributed by atoms with Crippen molar-refractivity contribution in [3.8, 4) is 0 Å². The van der Waals surface area contributed by atoms with Crippen LogP contribution >= 0.6 is 11.6 Å². The second-order valence-electron chi connectivity index (χ2n) is 4.76. The Hall–Kier alpha value is -1.61. The Bertz CT molecular complexity index is 573. The van der Waals surface area contributed by atoms with Gasteiger partial charge in [-0.15, -0.1) is 0 Å². The summed E-state index contributed by atoms with van der Waals surface area (Å²) in [4.78, 5) is 23.6. The van der Waals surface area contributed by atoms with Crippen LogP contribution in [0.5, 0.6) is 0 Å². The fourth-order valence-corrected chi connectivity index (χ4v) is 2.47. The third-order valence-corrected chi connectivity index (χ3v) is 3.84. The minimum absolute atomic E-state index is 0.183. The number of rotatable bonds is 3. The Kier molecular flexibility index (Phi) is 4.05. The molecule has 0 spiro atoms. The standard InChI is InChI=1S/C15H15ClO3/c1-9-8-10(6-7-13(9)16)14(17)11-4-2-3-5-12(11)15(18)19/h6-8H,2-5H2,1H3,(H,18,19). The fraction of sp³-hybridized carbons (Fsp3) is 0.333. The van der Waals surface area contributed by atoms with Crippen molar-refractivity contribution in [3.05, 3.63) is 45.5 Å². The molecule has 100 valence electrons. The van der Waals surface area contributed by atoms with Gasteiger partial charge in [-0.25, -0.2) is 4.79 Å². The lowest BCUT2D eigenvalue weighted by Gasteiger charge is -2.17. The van der Waals surface area contributed by atoms with Crippen molar-refractivity contribution in [1.29, 1.82) is 0 Å². The molecule has 0 aromatic heterocycles. The van der Waals surface area contributed by atoms with Gasteiger partial charge in [0.15, 0.2) is 5.78 Å². The zero-order valence-electron chi connectivity index (χ0n) is 10.7. The predicted molar refractivity (Wildman–Crippen MR) is 73.6 cm³/mol. The molecule has 0 atom stereocenters. The largest absolute Gasteiger partial charge is 0.478 e. The first-order chi connectivity index (χ1) is 9.00. The molecule has 0 saturated carbocycles. The Balaban J connectivity index is 2.41. The SMILES string of the molecule is Cc1cc(C(=O)C2=C(C(=O)O)CCCC2)ccc1Cl. The number of benzene rings is 1. The first-order valence-electron chi connectivity index (χ1n) is 6.27. The molecule has 1 aliphatic rings. The molecule has 0 bridgehead atoms. The van der Waals surface area contributed by atoms with Gasteiger partial charge >= 0.3 is 5.97 Å². The second kappa shape index (κ2) is 5.57. The highest BCUT2D eigenvalue weighted by molar-refractivity contribution is 6.31. The molecule has 0 unspecified atom stereocenters.